The van der Waals surface area contributed by atoms with Crippen molar-refractivity contribution in [2.24, 2.45) is 5.10 Å². The van der Waals surface area contributed by atoms with Gasteiger partial charge in [0.2, 0.25) is 5.71 Å². The van der Waals surface area contributed by atoms with Gasteiger partial charge in [0.1, 0.15) is 0 Å². The Bertz CT molecular complexity index is 562. The summed E-state index contributed by atoms with van der Waals surface area (Å²) >= 11 is 0. The van der Waals surface area contributed by atoms with Crippen LogP contribution in [0.2, 0.25) is 0 Å². The van der Waals surface area contributed by atoms with Gasteiger partial charge in [-0.2, -0.15) is 10.1 Å². The lowest BCUT2D eigenvalue weighted by atomic mass is 10.1. The van der Waals surface area contributed by atoms with Crippen molar-refractivity contribution in [2.75, 3.05) is 12.1 Å². The van der Waals surface area contributed by atoms with Crippen LogP contribution in [-0.4, -0.2) is 40.7 Å². The summed E-state index contributed by atoms with van der Waals surface area (Å²) in [6, 6.07) is 6.61. The molecule has 1 aromatic carbocycles. The second kappa shape index (κ2) is 4.45. The molecule has 100 valence electrons. The highest BCUT2D eigenvalue weighted by Gasteiger charge is 2.53. The molecule has 1 aliphatic heterocycles. The average molecular weight is 264 g/mol. The van der Waals surface area contributed by atoms with Crippen LogP contribution < -0.4 is 5.01 Å². The number of benzene rings is 1. The van der Waals surface area contributed by atoms with Crippen molar-refractivity contribution in [1.29, 1.82) is 0 Å². The highest BCUT2D eigenvalue weighted by Crippen LogP contribution is 2.25. The summed E-state index contributed by atoms with van der Waals surface area (Å²) in [7, 11) is 1.06. The average Bonchev–Trinajstić information content (AvgIpc) is 2.62. The maximum atomic E-state index is 11.8. The van der Waals surface area contributed by atoms with Crippen LogP contribution in [0.1, 0.15) is 5.56 Å². The first kappa shape index (κ1) is 13.2. The number of nitrogens with zero attached hydrogens (tertiary/aromatic N) is 2. The smallest absolute Gasteiger partial charge is 0.360 e. The minimum absolute atomic E-state index is 0.321. The van der Waals surface area contributed by atoms with Crippen LogP contribution in [0, 0.1) is 6.92 Å². The molecular formula is C12H12N2O5. The summed E-state index contributed by atoms with van der Waals surface area (Å²) in [6.07, 6.45) is 0. The number of amides is 1. The Balaban J connectivity index is 2.43. The Morgan fingerprint density at radius 2 is 1.89 bits per heavy atom. The second-order valence-corrected chi connectivity index (χ2v) is 4.06. The van der Waals surface area contributed by atoms with E-state index in [0.717, 1.165) is 17.7 Å². The van der Waals surface area contributed by atoms with Crippen molar-refractivity contribution in [3.05, 3.63) is 29.8 Å². The zero-order valence-electron chi connectivity index (χ0n) is 10.3. The van der Waals surface area contributed by atoms with Gasteiger partial charge in [-0.15, -0.1) is 0 Å². The molecule has 0 radical (unpaired) electrons. The zero-order chi connectivity index (χ0) is 14.2. The molecule has 0 fully saturated rings. The zero-order valence-corrected chi connectivity index (χ0v) is 10.3. The highest BCUT2D eigenvalue weighted by molar-refractivity contribution is 6.46. The standard InChI is InChI=1S/C12H12N2O5/c1-7-3-5-8(6-4-7)14-11(16)12(17,18)9(13-14)10(15)19-2/h3-6,17-18H,1-2H3. The van der Waals surface area contributed by atoms with Gasteiger partial charge in [-0.3, -0.25) is 4.79 Å². The molecule has 7 nitrogen and oxygen atoms in total. The minimum atomic E-state index is -2.97. The van der Waals surface area contributed by atoms with E-state index >= 15 is 0 Å². The second-order valence-electron chi connectivity index (χ2n) is 4.06. The number of aryl methyl sites for hydroxylation is 1. The normalized spacial score (nSPS) is 17.4. The molecule has 0 spiro atoms. The third-order valence-electron chi connectivity index (χ3n) is 2.68. The topological polar surface area (TPSA) is 99.4 Å². The molecule has 0 bridgehead atoms. The van der Waals surface area contributed by atoms with E-state index in [2.05, 4.69) is 9.84 Å². The molecule has 0 saturated carbocycles. The fourth-order valence-electron chi connectivity index (χ4n) is 1.60. The lowest BCUT2D eigenvalue weighted by Crippen LogP contribution is -2.49. The van der Waals surface area contributed by atoms with E-state index in [1.54, 1.807) is 24.3 Å². The van der Waals surface area contributed by atoms with Crippen LogP contribution in [-0.2, 0) is 14.3 Å². The number of ether oxygens (including phenoxy) is 1. The molecule has 1 amide bonds. The monoisotopic (exact) mass is 264 g/mol. The van der Waals surface area contributed by atoms with E-state index in [1.165, 1.54) is 0 Å². The van der Waals surface area contributed by atoms with Crippen molar-refractivity contribution in [1.82, 2.24) is 0 Å². The fraction of sp³-hybridized carbons (Fsp3) is 0.250. The van der Waals surface area contributed by atoms with Gasteiger partial charge < -0.3 is 14.9 Å². The molecule has 0 aromatic heterocycles. The summed E-state index contributed by atoms with van der Waals surface area (Å²) < 4.78 is 4.35. The van der Waals surface area contributed by atoms with Crippen LogP contribution >= 0.6 is 0 Å². The third-order valence-corrected chi connectivity index (χ3v) is 2.68. The van der Waals surface area contributed by atoms with Gasteiger partial charge >= 0.3 is 17.7 Å². The number of aliphatic hydroxyl groups is 2. The number of hydrazone groups is 1. The molecule has 2 rings (SSSR count). The van der Waals surface area contributed by atoms with E-state index in [1.807, 2.05) is 6.92 Å². The van der Waals surface area contributed by atoms with E-state index in [-0.39, 0.29) is 0 Å². The molecule has 0 aliphatic carbocycles. The van der Waals surface area contributed by atoms with Crippen LogP contribution in [0.25, 0.3) is 0 Å². The fourth-order valence-corrected chi connectivity index (χ4v) is 1.60. The summed E-state index contributed by atoms with van der Waals surface area (Å²) in [5, 5.41) is 23.7. The minimum Gasteiger partial charge on any atom is -0.464 e. The largest absolute Gasteiger partial charge is 0.464 e. The molecule has 2 N–H and O–H groups in total. The van der Waals surface area contributed by atoms with Gasteiger partial charge in [-0.1, -0.05) is 17.7 Å². The Hall–Kier alpha value is -2.25. The highest BCUT2D eigenvalue weighted by atomic mass is 16.5. The number of methoxy groups -OCH3 is 1. The number of carbonyl (C=O) groups is 2. The number of esters is 1. The van der Waals surface area contributed by atoms with Gasteiger partial charge in [-0.25, -0.2) is 4.79 Å². The van der Waals surface area contributed by atoms with E-state index in [0.29, 0.717) is 5.69 Å². The maximum Gasteiger partial charge on any atom is 0.360 e. The number of anilines is 1. The van der Waals surface area contributed by atoms with Gasteiger partial charge in [0.05, 0.1) is 12.8 Å². The van der Waals surface area contributed by atoms with Gasteiger partial charge in [0.15, 0.2) is 0 Å². The van der Waals surface area contributed by atoms with Gasteiger partial charge in [-0.05, 0) is 19.1 Å². The Labute approximate surface area is 108 Å². The molecule has 0 saturated heterocycles. The predicted molar refractivity (Wildman–Crippen MR) is 65.3 cm³/mol. The van der Waals surface area contributed by atoms with Crippen molar-refractivity contribution in [2.45, 2.75) is 12.7 Å². The summed E-state index contributed by atoms with van der Waals surface area (Å²) in [6.45, 7) is 1.86. The SMILES string of the molecule is COC(=O)C1=NN(c2ccc(C)cc2)C(=O)C1(O)O. The molecular weight excluding hydrogens is 252 g/mol. The number of rotatable bonds is 2. The third kappa shape index (κ3) is 2.09. The maximum absolute atomic E-state index is 11.8. The van der Waals surface area contributed by atoms with E-state index < -0.39 is 23.4 Å². The summed E-state index contributed by atoms with van der Waals surface area (Å²) in [5.74, 6) is -5.18. The Morgan fingerprint density at radius 1 is 1.32 bits per heavy atom. The first-order valence-corrected chi connectivity index (χ1v) is 5.41. The van der Waals surface area contributed by atoms with E-state index in [9.17, 15) is 19.8 Å². The molecule has 1 aromatic rings. The van der Waals surface area contributed by atoms with Gasteiger partial charge in [0, 0.05) is 0 Å². The predicted octanol–water partition coefficient (Wildman–Crippen LogP) is -0.448. The molecule has 1 aliphatic rings. The number of carbonyl (C=O) groups excluding carboxylic acids is 2. The first-order valence-electron chi connectivity index (χ1n) is 5.41. The Morgan fingerprint density at radius 3 is 2.42 bits per heavy atom. The lowest BCUT2D eigenvalue weighted by Gasteiger charge is -2.16. The Kier molecular flexibility index (Phi) is 3.09. The van der Waals surface area contributed by atoms with Crippen molar-refractivity contribution in [3.8, 4) is 0 Å². The molecule has 0 atom stereocenters. The van der Waals surface area contributed by atoms with Crippen LogP contribution in [0.3, 0.4) is 0 Å². The van der Waals surface area contributed by atoms with Crippen molar-refractivity contribution < 1.29 is 24.5 Å². The quantitative estimate of drug-likeness (QED) is 0.557. The van der Waals surface area contributed by atoms with Crippen molar-refractivity contribution >= 4 is 23.3 Å². The van der Waals surface area contributed by atoms with Crippen LogP contribution in [0.4, 0.5) is 5.69 Å². The van der Waals surface area contributed by atoms with Crippen molar-refractivity contribution in [3.63, 3.8) is 0 Å². The first-order chi connectivity index (χ1) is 8.87. The van der Waals surface area contributed by atoms with Crippen LogP contribution in [0.5, 0.6) is 0 Å². The lowest BCUT2D eigenvalue weighted by molar-refractivity contribution is -0.159. The summed E-state index contributed by atoms with van der Waals surface area (Å²) in [4.78, 5) is 23.2. The molecule has 1 heterocycles. The number of hydrogen-bond donors (Lipinski definition) is 2. The number of hydrogen-bond acceptors (Lipinski definition) is 6. The van der Waals surface area contributed by atoms with Crippen LogP contribution in [0.15, 0.2) is 29.4 Å². The molecule has 7 heteroatoms. The summed E-state index contributed by atoms with van der Waals surface area (Å²) in [5.41, 5.74) is 0.523. The molecule has 19 heavy (non-hydrogen) atoms. The van der Waals surface area contributed by atoms with Gasteiger partial charge in [0.25, 0.3) is 0 Å². The van der Waals surface area contributed by atoms with E-state index in [4.69, 9.17) is 0 Å². The molecule has 0 unspecified atom stereocenters.